The van der Waals surface area contributed by atoms with Crippen molar-refractivity contribution in [2.45, 2.75) is 25.3 Å². The third-order valence-corrected chi connectivity index (χ3v) is 5.39. The molecule has 1 saturated heterocycles. The van der Waals surface area contributed by atoms with Crippen LogP contribution in [0.3, 0.4) is 0 Å². The molecule has 0 radical (unpaired) electrons. The zero-order valence-corrected chi connectivity index (χ0v) is 17.3. The third-order valence-electron chi connectivity index (χ3n) is 5.14. The van der Waals surface area contributed by atoms with E-state index in [9.17, 15) is 18.4 Å². The number of halogens is 3. The largest absolute Gasteiger partial charge is 0.497 e. The number of benzene rings is 2. The highest BCUT2D eigenvalue weighted by Gasteiger charge is 2.36. The number of piperidine rings is 1. The number of carbonyl (C=O) groups excluding carboxylic acids is 2. The minimum atomic E-state index is -0.752. The van der Waals surface area contributed by atoms with Crippen LogP contribution in [0.25, 0.3) is 0 Å². The summed E-state index contributed by atoms with van der Waals surface area (Å²) in [5.41, 5.74) is 0.380. The maximum absolute atomic E-state index is 14.7. The Labute approximate surface area is 178 Å². The number of anilines is 1. The summed E-state index contributed by atoms with van der Waals surface area (Å²) in [6.45, 7) is 1.89. The van der Waals surface area contributed by atoms with Crippen molar-refractivity contribution in [3.8, 4) is 5.75 Å². The highest BCUT2D eigenvalue weighted by molar-refractivity contribution is 6.30. The van der Waals surface area contributed by atoms with Gasteiger partial charge in [0.05, 0.1) is 13.2 Å². The van der Waals surface area contributed by atoms with Crippen molar-refractivity contribution in [3.63, 3.8) is 0 Å². The summed E-state index contributed by atoms with van der Waals surface area (Å²) >= 11 is 5.84. The minimum absolute atomic E-state index is 0.0694. The predicted molar refractivity (Wildman–Crippen MR) is 110 cm³/mol. The van der Waals surface area contributed by atoms with Crippen LogP contribution >= 0.6 is 11.6 Å². The van der Waals surface area contributed by atoms with Crippen LogP contribution in [0, 0.1) is 11.6 Å². The zero-order valence-electron chi connectivity index (χ0n) is 16.5. The van der Waals surface area contributed by atoms with E-state index in [4.69, 9.17) is 16.3 Å². The molecule has 0 saturated carbocycles. The minimum Gasteiger partial charge on any atom is -0.497 e. The van der Waals surface area contributed by atoms with Gasteiger partial charge in [0.15, 0.2) is 0 Å². The number of hydrogen-bond acceptors (Lipinski definition) is 3. The number of methoxy groups -OCH3 is 1. The van der Waals surface area contributed by atoms with E-state index in [-0.39, 0.29) is 23.8 Å². The second-order valence-corrected chi connectivity index (χ2v) is 7.51. The van der Waals surface area contributed by atoms with Crippen LogP contribution < -0.4 is 15.4 Å². The van der Waals surface area contributed by atoms with Crippen molar-refractivity contribution < 1.29 is 23.1 Å². The van der Waals surface area contributed by atoms with Crippen molar-refractivity contribution in [2.24, 2.45) is 0 Å². The van der Waals surface area contributed by atoms with Crippen LogP contribution in [0.4, 0.5) is 19.3 Å². The maximum Gasteiger partial charge on any atom is 0.319 e. The summed E-state index contributed by atoms with van der Waals surface area (Å²) in [5, 5.41) is 5.94. The average molecular weight is 438 g/mol. The molecule has 0 aliphatic carbocycles. The lowest BCUT2D eigenvalue weighted by atomic mass is 9.84. The Balaban J connectivity index is 1.84. The molecular weight excluding hydrogens is 416 g/mol. The second-order valence-electron chi connectivity index (χ2n) is 7.08. The van der Waals surface area contributed by atoms with Gasteiger partial charge in [-0.1, -0.05) is 11.6 Å². The molecule has 160 valence electrons. The van der Waals surface area contributed by atoms with E-state index in [1.807, 2.05) is 0 Å². The van der Waals surface area contributed by atoms with Crippen molar-refractivity contribution in [3.05, 3.63) is 58.6 Å². The molecule has 6 nitrogen and oxygen atoms in total. The van der Waals surface area contributed by atoms with Crippen LogP contribution in [0.15, 0.2) is 36.4 Å². The predicted octanol–water partition coefficient (Wildman–Crippen LogP) is 4.15. The van der Waals surface area contributed by atoms with Gasteiger partial charge in [0.1, 0.15) is 17.4 Å². The molecule has 2 aromatic rings. The van der Waals surface area contributed by atoms with Gasteiger partial charge >= 0.3 is 6.03 Å². The monoisotopic (exact) mass is 437 g/mol. The van der Waals surface area contributed by atoms with Gasteiger partial charge in [-0.3, -0.25) is 4.79 Å². The number of rotatable bonds is 4. The fraction of sp³-hybridized carbons (Fsp3) is 0.333. The van der Waals surface area contributed by atoms with E-state index in [2.05, 4.69) is 10.6 Å². The number of ether oxygens (including phenoxy) is 1. The summed E-state index contributed by atoms with van der Waals surface area (Å²) in [6, 6.07) is 7.50. The van der Waals surface area contributed by atoms with Gasteiger partial charge < -0.3 is 20.3 Å². The average Bonchev–Trinajstić information content (AvgIpc) is 2.70. The van der Waals surface area contributed by atoms with Crippen LogP contribution in [-0.4, -0.2) is 43.1 Å². The zero-order chi connectivity index (χ0) is 21.8. The first-order valence-corrected chi connectivity index (χ1v) is 9.77. The molecule has 2 atom stereocenters. The second kappa shape index (κ2) is 9.30. The number of amides is 3. The van der Waals surface area contributed by atoms with E-state index in [1.54, 1.807) is 29.2 Å². The summed E-state index contributed by atoms with van der Waals surface area (Å²) in [4.78, 5) is 25.9. The summed E-state index contributed by atoms with van der Waals surface area (Å²) < 4.78 is 34.3. The lowest BCUT2D eigenvalue weighted by molar-refractivity contribution is -0.130. The molecule has 2 aromatic carbocycles. The maximum atomic E-state index is 14.7. The van der Waals surface area contributed by atoms with Gasteiger partial charge in [-0.15, -0.1) is 0 Å². The molecule has 2 N–H and O–H groups in total. The number of hydrogen-bond donors (Lipinski definition) is 2. The Morgan fingerprint density at radius 3 is 2.37 bits per heavy atom. The topological polar surface area (TPSA) is 70.7 Å². The lowest BCUT2D eigenvalue weighted by Gasteiger charge is -2.39. The Morgan fingerprint density at radius 1 is 1.17 bits per heavy atom. The van der Waals surface area contributed by atoms with Gasteiger partial charge in [-0.05, 0) is 30.7 Å². The van der Waals surface area contributed by atoms with Crippen LogP contribution in [0.5, 0.6) is 5.75 Å². The Kier molecular flexibility index (Phi) is 6.77. The number of carbonyl (C=O) groups is 2. The van der Waals surface area contributed by atoms with E-state index in [0.717, 1.165) is 12.1 Å². The summed E-state index contributed by atoms with van der Waals surface area (Å²) in [7, 11) is 1.32. The van der Waals surface area contributed by atoms with Crippen molar-refractivity contribution in [1.82, 2.24) is 10.2 Å². The molecule has 3 amide bonds. The number of likely N-dealkylation sites (tertiary alicyclic amines) is 1. The van der Waals surface area contributed by atoms with Gasteiger partial charge in [-0.2, -0.15) is 0 Å². The molecule has 1 fully saturated rings. The van der Waals surface area contributed by atoms with Crippen molar-refractivity contribution in [1.29, 1.82) is 0 Å². The number of urea groups is 1. The van der Waals surface area contributed by atoms with E-state index < -0.39 is 29.6 Å². The molecule has 1 aliphatic heterocycles. The first-order valence-electron chi connectivity index (χ1n) is 9.40. The summed E-state index contributed by atoms with van der Waals surface area (Å²) in [5.74, 6) is -2.26. The fourth-order valence-electron chi connectivity index (χ4n) is 3.63. The molecule has 9 heteroatoms. The number of nitrogens with one attached hydrogen (secondary N) is 2. The standard InChI is InChI=1S/C21H22ClF2N3O3/c1-12(28)27-8-7-16(20-17(23)9-15(30-2)10-18(20)24)19(11-27)26-21(29)25-14-5-3-13(22)4-6-14/h3-6,9-10,16,19H,7-8,11H2,1-2H3,(H2,25,26,29)/t16-,19-/m1/s1. The van der Waals surface area contributed by atoms with Crippen LogP contribution in [0.2, 0.25) is 5.02 Å². The quantitative estimate of drug-likeness (QED) is 0.754. The molecule has 3 rings (SSSR count). The molecule has 0 unspecified atom stereocenters. The molecule has 0 aromatic heterocycles. The fourth-order valence-corrected chi connectivity index (χ4v) is 3.76. The normalized spacial score (nSPS) is 18.6. The van der Waals surface area contributed by atoms with Gasteiger partial charge in [0, 0.05) is 54.3 Å². The lowest BCUT2D eigenvalue weighted by Crippen LogP contribution is -2.53. The molecule has 0 spiro atoms. The molecule has 0 bridgehead atoms. The Morgan fingerprint density at radius 2 is 1.80 bits per heavy atom. The van der Waals surface area contributed by atoms with E-state index in [0.29, 0.717) is 23.7 Å². The van der Waals surface area contributed by atoms with Crippen molar-refractivity contribution >= 4 is 29.2 Å². The molecular formula is C21H22ClF2N3O3. The molecule has 30 heavy (non-hydrogen) atoms. The highest BCUT2D eigenvalue weighted by atomic mass is 35.5. The number of nitrogens with zero attached hydrogens (tertiary/aromatic N) is 1. The van der Waals surface area contributed by atoms with E-state index >= 15 is 0 Å². The SMILES string of the molecule is COc1cc(F)c([C@@H]2CCN(C(C)=O)C[C@H]2NC(=O)Nc2ccc(Cl)cc2)c(F)c1. The van der Waals surface area contributed by atoms with E-state index in [1.165, 1.54) is 14.0 Å². The van der Waals surface area contributed by atoms with Crippen LogP contribution in [-0.2, 0) is 4.79 Å². The highest BCUT2D eigenvalue weighted by Crippen LogP contribution is 2.34. The Hall–Kier alpha value is -2.87. The summed E-state index contributed by atoms with van der Waals surface area (Å²) in [6.07, 6.45) is 0.297. The third kappa shape index (κ3) is 4.99. The first kappa shape index (κ1) is 21.8. The van der Waals surface area contributed by atoms with Crippen LogP contribution in [0.1, 0.15) is 24.8 Å². The Bertz CT molecular complexity index is 917. The van der Waals surface area contributed by atoms with Gasteiger partial charge in [0.2, 0.25) is 5.91 Å². The molecule has 1 aliphatic rings. The van der Waals surface area contributed by atoms with Crippen molar-refractivity contribution in [2.75, 3.05) is 25.5 Å². The first-order chi connectivity index (χ1) is 14.3. The molecule has 1 heterocycles. The smallest absolute Gasteiger partial charge is 0.319 e. The van der Waals surface area contributed by atoms with Gasteiger partial charge in [0.25, 0.3) is 0 Å². The van der Waals surface area contributed by atoms with Gasteiger partial charge in [-0.25, -0.2) is 13.6 Å².